The van der Waals surface area contributed by atoms with Gasteiger partial charge < -0.3 is 15.4 Å². The topological polar surface area (TPSA) is 111 Å². The van der Waals surface area contributed by atoms with Gasteiger partial charge in [0.1, 0.15) is 11.9 Å². The van der Waals surface area contributed by atoms with Gasteiger partial charge >= 0.3 is 6.03 Å². The second kappa shape index (κ2) is 7.84. The Kier molecular flexibility index (Phi) is 5.22. The molecule has 0 aliphatic carbocycles. The van der Waals surface area contributed by atoms with Crippen LogP contribution in [-0.4, -0.2) is 42.3 Å². The van der Waals surface area contributed by atoms with Gasteiger partial charge in [0.15, 0.2) is 22.3 Å². The molecule has 12 heteroatoms. The van der Waals surface area contributed by atoms with E-state index in [0.29, 0.717) is 29.3 Å². The number of urea groups is 1. The maximum atomic E-state index is 14.2. The maximum Gasteiger partial charge on any atom is 0.323 e. The van der Waals surface area contributed by atoms with Crippen molar-refractivity contribution >= 4 is 40.3 Å². The average Bonchev–Trinajstić information content (AvgIpc) is 3.25. The summed E-state index contributed by atoms with van der Waals surface area (Å²) in [7, 11) is 1.56. The summed E-state index contributed by atoms with van der Waals surface area (Å²) in [6.45, 7) is 3.59. The molecule has 4 aromatic heterocycles. The van der Waals surface area contributed by atoms with Crippen LogP contribution in [0, 0.1) is 12.7 Å². The summed E-state index contributed by atoms with van der Waals surface area (Å²) in [5, 5.41) is 13.9. The van der Waals surface area contributed by atoms with E-state index in [2.05, 4.69) is 30.8 Å². The quantitative estimate of drug-likeness (QED) is 0.498. The molecular weight excluding hydrogens is 415 g/mol. The monoisotopic (exact) mass is 432 g/mol. The molecule has 30 heavy (non-hydrogen) atoms. The highest BCUT2D eigenvalue weighted by molar-refractivity contribution is 6.29. The molecule has 0 fully saturated rings. The molecule has 0 saturated carbocycles. The largest absolute Gasteiger partial charge is 0.375 e. The van der Waals surface area contributed by atoms with Crippen LogP contribution in [0.25, 0.3) is 11.3 Å². The standard InChI is InChI=1S/C18H18ClFN8O2/c1-4-13(30-3)16-12(7-21-15-6-14(19)26-28(15)16)24-18(29)23-10-5-11(20)17-22-9(2)25-27(17)8-10/h5-8,13H,4H2,1-3H3,(H2,23,24,29). The summed E-state index contributed by atoms with van der Waals surface area (Å²) >= 11 is 6.01. The van der Waals surface area contributed by atoms with E-state index in [1.807, 2.05) is 6.92 Å². The Balaban J connectivity index is 1.65. The lowest BCUT2D eigenvalue weighted by molar-refractivity contribution is 0.0951. The third-order valence-electron chi connectivity index (χ3n) is 4.45. The molecule has 0 saturated heterocycles. The summed E-state index contributed by atoms with van der Waals surface area (Å²) in [6.07, 6.45) is 3.22. The lowest BCUT2D eigenvalue weighted by atomic mass is 10.1. The first-order valence-corrected chi connectivity index (χ1v) is 9.45. The van der Waals surface area contributed by atoms with Crippen LogP contribution < -0.4 is 10.6 Å². The highest BCUT2D eigenvalue weighted by Crippen LogP contribution is 2.29. The van der Waals surface area contributed by atoms with Gasteiger partial charge in [-0.15, -0.1) is 0 Å². The third-order valence-corrected chi connectivity index (χ3v) is 4.64. The number of rotatable bonds is 5. The van der Waals surface area contributed by atoms with Crippen molar-refractivity contribution in [1.29, 1.82) is 0 Å². The van der Waals surface area contributed by atoms with Crippen LogP contribution in [0.15, 0.2) is 24.5 Å². The van der Waals surface area contributed by atoms with E-state index >= 15 is 0 Å². The summed E-state index contributed by atoms with van der Waals surface area (Å²) in [5.74, 6) is -0.184. The highest BCUT2D eigenvalue weighted by Gasteiger charge is 2.21. The average molecular weight is 433 g/mol. The minimum atomic E-state index is -0.603. The number of pyridine rings is 1. The summed E-state index contributed by atoms with van der Waals surface area (Å²) in [5.41, 5.74) is 1.77. The van der Waals surface area contributed by atoms with Gasteiger partial charge in [-0.05, 0) is 13.3 Å². The van der Waals surface area contributed by atoms with E-state index in [1.54, 1.807) is 20.1 Å². The lowest BCUT2D eigenvalue weighted by Gasteiger charge is -2.19. The first-order valence-electron chi connectivity index (χ1n) is 9.07. The van der Waals surface area contributed by atoms with Crippen molar-refractivity contribution in [1.82, 2.24) is 29.2 Å². The second-order valence-corrected chi connectivity index (χ2v) is 6.90. The number of hydrogen-bond acceptors (Lipinski definition) is 6. The first kappa shape index (κ1) is 20.0. The number of carbonyl (C=O) groups excluding carboxylic acids is 1. The molecule has 0 aromatic carbocycles. The molecule has 4 aromatic rings. The number of nitrogens with one attached hydrogen (secondary N) is 2. The van der Waals surface area contributed by atoms with Crippen molar-refractivity contribution in [3.8, 4) is 0 Å². The molecule has 2 amide bonds. The molecule has 10 nitrogen and oxygen atoms in total. The molecule has 0 aliphatic rings. The molecule has 0 aliphatic heterocycles. The normalized spacial score (nSPS) is 12.4. The van der Waals surface area contributed by atoms with Crippen molar-refractivity contribution in [2.24, 2.45) is 0 Å². The Morgan fingerprint density at radius 3 is 2.87 bits per heavy atom. The molecule has 1 atom stereocenters. The fraction of sp³-hybridized carbons (Fsp3) is 0.278. The van der Waals surface area contributed by atoms with Crippen LogP contribution in [0.3, 0.4) is 0 Å². The van der Waals surface area contributed by atoms with Crippen molar-refractivity contribution in [3.05, 3.63) is 47.0 Å². The number of ether oxygens (including phenoxy) is 1. The van der Waals surface area contributed by atoms with E-state index in [9.17, 15) is 9.18 Å². The van der Waals surface area contributed by atoms with Crippen LogP contribution in [0.4, 0.5) is 20.6 Å². The number of nitrogens with zero attached hydrogens (tertiary/aromatic N) is 6. The third kappa shape index (κ3) is 3.64. The lowest BCUT2D eigenvalue weighted by Crippen LogP contribution is -2.23. The summed E-state index contributed by atoms with van der Waals surface area (Å²) in [6, 6.07) is 2.18. The molecular formula is C18H18ClFN8O2. The minimum absolute atomic E-state index is 0.0804. The number of aromatic nitrogens is 6. The predicted molar refractivity (Wildman–Crippen MR) is 108 cm³/mol. The Hall–Kier alpha value is -3.31. The van der Waals surface area contributed by atoms with E-state index in [-0.39, 0.29) is 22.6 Å². The van der Waals surface area contributed by atoms with E-state index in [4.69, 9.17) is 16.3 Å². The van der Waals surface area contributed by atoms with Gasteiger partial charge in [-0.3, -0.25) is 0 Å². The molecule has 156 valence electrons. The molecule has 2 N–H and O–H groups in total. The summed E-state index contributed by atoms with van der Waals surface area (Å²) < 4.78 is 22.6. The van der Waals surface area contributed by atoms with E-state index < -0.39 is 11.8 Å². The summed E-state index contributed by atoms with van der Waals surface area (Å²) in [4.78, 5) is 20.9. The van der Waals surface area contributed by atoms with Gasteiger partial charge in [0.25, 0.3) is 0 Å². The minimum Gasteiger partial charge on any atom is -0.375 e. The van der Waals surface area contributed by atoms with Crippen LogP contribution in [0.1, 0.15) is 31.0 Å². The van der Waals surface area contributed by atoms with Crippen molar-refractivity contribution < 1.29 is 13.9 Å². The number of amides is 2. The van der Waals surface area contributed by atoms with Gasteiger partial charge in [-0.1, -0.05) is 18.5 Å². The molecule has 0 bridgehead atoms. The van der Waals surface area contributed by atoms with Gasteiger partial charge in [-0.25, -0.2) is 28.2 Å². The fourth-order valence-corrected chi connectivity index (χ4v) is 3.38. The molecule has 1 unspecified atom stereocenters. The Morgan fingerprint density at radius 1 is 1.33 bits per heavy atom. The molecule has 0 spiro atoms. The smallest absolute Gasteiger partial charge is 0.323 e. The number of halogens is 2. The first-order chi connectivity index (χ1) is 14.4. The Bertz CT molecular complexity index is 1250. The SMILES string of the molecule is CCC(OC)c1c(NC(=O)Nc2cc(F)c3nc(C)nn3c2)cnc2cc(Cl)nn12. The number of carbonyl (C=O) groups is 1. The van der Waals surface area contributed by atoms with Gasteiger partial charge in [-0.2, -0.15) is 10.2 Å². The molecule has 4 rings (SSSR count). The maximum absolute atomic E-state index is 14.2. The van der Waals surface area contributed by atoms with Gasteiger partial charge in [0.05, 0.1) is 29.5 Å². The van der Waals surface area contributed by atoms with Crippen LogP contribution in [0.2, 0.25) is 5.15 Å². The Labute approximate surface area is 175 Å². The number of methoxy groups -OCH3 is 1. The number of aryl methyl sites for hydroxylation is 1. The van der Waals surface area contributed by atoms with Gasteiger partial charge in [0, 0.05) is 19.2 Å². The van der Waals surface area contributed by atoms with Crippen molar-refractivity contribution in [2.45, 2.75) is 26.4 Å². The van der Waals surface area contributed by atoms with Crippen molar-refractivity contribution in [3.63, 3.8) is 0 Å². The number of hydrogen-bond donors (Lipinski definition) is 2. The van der Waals surface area contributed by atoms with Crippen LogP contribution in [0.5, 0.6) is 0 Å². The Morgan fingerprint density at radius 2 is 2.13 bits per heavy atom. The van der Waals surface area contributed by atoms with Crippen LogP contribution >= 0.6 is 11.6 Å². The zero-order valence-corrected chi connectivity index (χ0v) is 17.1. The van der Waals surface area contributed by atoms with E-state index in [1.165, 1.54) is 27.5 Å². The van der Waals surface area contributed by atoms with Crippen molar-refractivity contribution in [2.75, 3.05) is 17.7 Å². The van der Waals surface area contributed by atoms with Crippen LogP contribution in [-0.2, 0) is 4.74 Å². The highest BCUT2D eigenvalue weighted by atomic mass is 35.5. The molecule has 0 radical (unpaired) electrons. The fourth-order valence-electron chi connectivity index (χ4n) is 3.21. The predicted octanol–water partition coefficient (Wildman–Crippen LogP) is 3.61. The number of fused-ring (bicyclic) bond motifs is 2. The van der Waals surface area contributed by atoms with Gasteiger partial charge in [0.2, 0.25) is 0 Å². The molecule has 4 heterocycles. The second-order valence-electron chi connectivity index (χ2n) is 6.51. The van der Waals surface area contributed by atoms with E-state index in [0.717, 1.165) is 0 Å². The zero-order chi connectivity index (χ0) is 21.4. The zero-order valence-electron chi connectivity index (χ0n) is 16.3. The number of anilines is 2.